The van der Waals surface area contributed by atoms with Gasteiger partial charge >= 0.3 is 0 Å². The molecule has 8 aromatic carbocycles. The summed E-state index contributed by atoms with van der Waals surface area (Å²) in [5.41, 5.74) is 9.75. The Bertz CT molecular complexity index is 2870. The van der Waals surface area contributed by atoms with Gasteiger partial charge in [0.25, 0.3) is 0 Å². The van der Waals surface area contributed by atoms with Gasteiger partial charge in [0, 0.05) is 36.4 Å². The average Bonchev–Trinajstić information content (AvgIpc) is 3.59. The fraction of sp³-hybridized carbons (Fsp3) is 0.0204. The Kier molecular flexibility index (Phi) is 7.27. The lowest BCUT2D eigenvalue weighted by Crippen LogP contribution is -1.94. The van der Waals surface area contributed by atoms with Crippen molar-refractivity contribution < 1.29 is 0 Å². The van der Waals surface area contributed by atoms with Crippen LogP contribution in [0.25, 0.3) is 91.4 Å². The second-order valence-corrected chi connectivity index (χ2v) is 15.3. The zero-order valence-corrected chi connectivity index (χ0v) is 29.5. The summed E-state index contributed by atoms with van der Waals surface area (Å²) >= 11 is 3.82. The molecule has 0 unspecified atom stereocenters. The summed E-state index contributed by atoms with van der Waals surface area (Å²) in [6.07, 6.45) is 8.68. The van der Waals surface area contributed by atoms with E-state index in [2.05, 4.69) is 176 Å². The monoisotopic (exact) mass is 684 g/mol. The molecule has 0 amide bonds. The molecule has 1 aromatic heterocycles. The molecular weight excluding hydrogens is 653 g/mol. The molecule has 0 fully saturated rings. The Labute approximate surface area is 305 Å². The van der Waals surface area contributed by atoms with Gasteiger partial charge in [-0.3, -0.25) is 0 Å². The van der Waals surface area contributed by atoms with E-state index >= 15 is 0 Å². The highest BCUT2D eigenvalue weighted by Gasteiger charge is 2.22. The number of benzene rings is 8. The van der Waals surface area contributed by atoms with Crippen molar-refractivity contribution in [2.75, 3.05) is 5.75 Å². The predicted octanol–water partition coefficient (Wildman–Crippen LogP) is 14.7. The lowest BCUT2D eigenvalue weighted by molar-refractivity contribution is 1.48. The lowest BCUT2D eigenvalue weighted by Gasteiger charge is -2.20. The minimum absolute atomic E-state index is 0.915. The van der Waals surface area contributed by atoms with Crippen molar-refractivity contribution in [2.24, 2.45) is 0 Å². The number of hydrogen-bond donors (Lipinski definition) is 0. The molecule has 0 saturated carbocycles. The van der Waals surface area contributed by atoms with Crippen molar-refractivity contribution in [1.82, 2.24) is 0 Å². The van der Waals surface area contributed by atoms with E-state index in [0.717, 1.165) is 11.3 Å². The highest BCUT2D eigenvalue weighted by Crippen LogP contribution is 2.49. The summed E-state index contributed by atoms with van der Waals surface area (Å²) in [6, 6.07) is 53.8. The number of rotatable bonds is 3. The normalized spacial score (nSPS) is 14.5. The Morgan fingerprint density at radius 1 is 0.471 bits per heavy atom. The van der Waals surface area contributed by atoms with Crippen molar-refractivity contribution in [3.8, 4) is 33.4 Å². The van der Waals surface area contributed by atoms with Gasteiger partial charge in [-0.2, -0.15) is 0 Å². The van der Waals surface area contributed by atoms with Crippen LogP contribution in [0.4, 0.5) is 0 Å². The van der Waals surface area contributed by atoms with E-state index in [9.17, 15) is 0 Å². The van der Waals surface area contributed by atoms with Gasteiger partial charge in [0.15, 0.2) is 0 Å². The van der Waals surface area contributed by atoms with Crippen LogP contribution < -0.4 is 0 Å². The molecule has 0 N–H and O–H groups in total. The van der Waals surface area contributed by atoms with Crippen LogP contribution in [0, 0.1) is 0 Å². The standard InChI is InChI=1S/C49H32S2/c1-31-15-3-2-12-28-50-49-45(31)42(30-43-36-21-10-11-27-44(36)51-48(43)49)33-18-13-19-34(29-33)46-38-22-6-8-24-40(38)47(41-25-9-7-23-39(41)46)37-26-14-17-32-16-4-5-20-35(32)37/h2-27,29-30H,1,28H2/b12-2-,15-3-. The highest BCUT2D eigenvalue weighted by atomic mass is 32.2. The first-order valence-corrected chi connectivity index (χ1v) is 19.2. The first-order valence-electron chi connectivity index (χ1n) is 17.4. The second-order valence-electron chi connectivity index (χ2n) is 13.2. The average molecular weight is 685 g/mol. The summed E-state index contributed by atoms with van der Waals surface area (Å²) < 4.78 is 2.67. The van der Waals surface area contributed by atoms with Crippen LogP contribution in [0.5, 0.6) is 0 Å². The van der Waals surface area contributed by atoms with E-state index in [-0.39, 0.29) is 0 Å². The van der Waals surface area contributed by atoms with Gasteiger partial charge in [0.1, 0.15) is 0 Å². The zero-order chi connectivity index (χ0) is 33.9. The molecule has 0 atom stereocenters. The van der Waals surface area contributed by atoms with E-state index < -0.39 is 0 Å². The maximum Gasteiger partial charge on any atom is 0.0498 e. The fourth-order valence-corrected chi connectivity index (χ4v) is 10.5. The van der Waals surface area contributed by atoms with Crippen molar-refractivity contribution in [2.45, 2.75) is 4.90 Å². The maximum atomic E-state index is 4.64. The molecule has 0 radical (unpaired) electrons. The number of thioether (sulfide) groups is 1. The highest BCUT2D eigenvalue weighted by molar-refractivity contribution is 7.99. The van der Waals surface area contributed by atoms with Crippen LogP contribution in [-0.4, -0.2) is 5.75 Å². The fourth-order valence-electron chi connectivity index (χ4n) is 8.05. The molecule has 2 heterocycles. The van der Waals surface area contributed by atoms with Gasteiger partial charge in [-0.25, -0.2) is 0 Å². The summed E-state index contributed by atoms with van der Waals surface area (Å²) in [5, 5.41) is 10.2. The maximum absolute atomic E-state index is 4.64. The molecule has 51 heavy (non-hydrogen) atoms. The molecule has 0 bridgehead atoms. The molecule has 0 saturated heterocycles. The first-order chi connectivity index (χ1) is 25.2. The van der Waals surface area contributed by atoms with Gasteiger partial charge in [0.05, 0.1) is 0 Å². The smallest absolute Gasteiger partial charge is 0.0498 e. The van der Waals surface area contributed by atoms with Gasteiger partial charge in [-0.05, 0) is 89.5 Å². The zero-order valence-electron chi connectivity index (χ0n) is 27.9. The molecule has 10 rings (SSSR count). The molecular formula is C49H32S2. The van der Waals surface area contributed by atoms with E-state index in [4.69, 9.17) is 0 Å². The number of hydrogen-bond acceptors (Lipinski definition) is 2. The molecule has 240 valence electrons. The summed E-state index contributed by atoms with van der Waals surface area (Å²) in [6.45, 7) is 4.64. The Hall–Kier alpha value is -5.67. The van der Waals surface area contributed by atoms with Crippen LogP contribution in [0.3, 0.4) is 0 Å². The molecule has 1 aliphatic rings. The van der Waals surface area contributed by atoms with E-state index in [1.807, 2.05) is 23.1 Å². The van der Waals surface area contributed by atoms with Crippen molar-refractivity contribution in [3.05, 3.63) is 182 Å². The van der Waals surface area contributed by atoms with Crippen LogP contribution >= 0.6 is 23.1 Å². The minimum atomic E-state index is 0.915. The molecule has 0 spiro atoms. The SMILES string of the molecule is C=C1/C=C\C=C/CSc2c1c(-c1cccc(-c3c4ccccc4c(-c4cccc5ccccc45)c4ccccc34)c1)cc1c2sc2ccccc21. The van der Waals surface area contributed by atoms with Crippen molar-refractivity contribution in [1.29, 1.82) is 0 Å². The predicted molar refractivity (Wildman–Crippen MR) is 226 cm³/mol. The lowest BCUT2D eigenvalue weighted by atomic mass is 9.84. The number of fused-ring (bicyclic) bond motifs is 8. The Morgan fingerprint density at radius 2 is 1.10 bits per heavy atom. The summed E-state index contributed by atoms with van der Waals surface area (Å²) in [7, 11) is 0. The number of allylic oxidation sites excluding steroid dienone is 4. The topological polar surface area (TPSA) is 0 Å². The van der Waals surface area contributed by atoms with Crippen molar-refractivity contribution in [3.63, 3.8) is 0 Å². The van der Waals surface area contributed by atoms with E-state index in [0.29, 0.717) is 0 Å². The van der Waals surface area contributed by atoms with Crippen LogP contribution in [0.2, 0.25) is 0 Å². The second kappa shape index (κ2) is 12.3. The quantitative estimate of drug-likeness (QED) is 0.167. The Morgan fingerprint density at radius 3 is 1.88 bits per heavy atom. The molecule has 0 aliphatic carbocycles. The third kappa shape index (κ3) is 4.90. The molecule has 1 aliphatic heterocycles. The van der Waals surface area contributed by atoms with Gasteiger partial charge in [0.2, 0.25) is 0 Å². The van der Waals surface area contributed by atoms with Crippen molar-refractivity contribution >= 4 is 81.2 Å². The summed E-state index contributed by atoms with van der Waals surface area (Å²) in [5.74, 6) is 0.915. The van der Waals surface area contributed by atoms with Gasteiger partial charge in [-0.15, -0.1) is 23.1 Å². The first kappa shape index (κ1) is 30.2. The number of thiophene rings is 1. The minimum Gasteiger partial charge on any atom is -0.134 e. The summed E-state index contributed by atoms with van der Waals surface area (Å²) in [4.78, 5) is 1.32. The molecule has 0 nitrogen and oxygen atoms in total. The van der Waals surface area contributed by atoms with E-state index in [1.54, 1.807) is 0 Å². The largest absolute Gasteiger partial charge is 0.134 e. The van der Waals surface area contributed by atoms with Crippen LogP contribution in [-0.2, 0) is 0 Å². The molecule has 2 heteroatoms. The third-order valence-corrected chi connectivity index (χ3v) is 12.7. The Balaban J connectivity index is 1.26. The van der Waals surface area contributed by atoms with E-state index in [1.165, 1.54) is 96.3 Å². The van der Waals surface area contributed by atoms with Gasteiger partial charge in [-0.1, -0.05) is 158 Å². The molecule has 9 aromatic rings. The van der Waals surface area contributed by atoms with Gasteiger partial charge < -0.3 is 0 Å². The van der Waals surface area contributed by atoms with Crippen LogP contribution in [0.1, 0.15) is 5.56 Å². The third-order valence-electron chi connectivity index (χ3n) is 10.3. The van der Waals surface area contributed by atoms with Crippen LogP contribution in [0.15, 0.2) is 181 Å².